The maximum Gasteiger partial charge on any atom is 0.224 e. The number of phenolic OH excluding ortho intramolecular Hbond substituents is 1. The summed E-state index contributed by atoms with van der Waals surface area (Å²) in [4.78, 5) is 14.0. The van der Waals surface area contributed by atoms with Gasteiger partial charge in [-0.2, -0.15) is 0 Å². The van der Waals surface area contributed by atoms with Crippen LogP contribution in [0.3, 0.4) is 0 Å². The van der Waals surface area contributed by atoms with Gasteiger partial charge in [0.05, 0.1) is 0 Å². The van der Waals surface area contributed by atoms with E-state index in [-0.39, 0.29) is 17.2 Å². The van der Waals surface area contributed by atoms with Crippen LogP contribution in [0.2, 0.25) is 0 Å². The van der Waals surface area contributed by atoms with Crippen LogP contribution < -0.4 is 5.73 Å². The highest BCUT2D eigenvalue weighted by molar-refractivity contribution is 5.77. The molecule has 0 unspecified atom stereocenters. The molecule has 1 aliphatic carbocycles. The van der Waals surface area contributed by atoms with Gasteiger partial charge in [0.2, 0.25) is 5.91 Å². The number of carbonyl (C=O) groups is 1. The second kappa shape index (κ2) is 6.27. The maximum absolute atomic E-state index is 12.3. The molecule has 2 rings (SSSR count). The van der Waals surface area contributed by atoms with E-state index in [1.165, 1.54) is 6.42 Å². The Hall–Kier alpha value is -1.55. The third-order valence-electron chi connectivity index (χ3n) is 4.13. The molecule has 0 radical (unpaired) electrons. The average molecular weight is 276 g/mol. The van der Waals surface area contributed by atoms with E-state index in [9.17, 15) is 9.90 Å². The van der Waals surface area contributed by atoms with Crippen molar-refractivity contribution in [3.8, 4) is 5.75 Å². The van der Waals surface area contributed by atoms with Gasteiger partial charge in [0, 0.05) is 25.6 Å². The summed E-state index contributed by atoms with van der Waals surface area (Å²) < 4.78 is 0. The van der Waals surface area contributed by atoms with E-state index in [0.717, 1.165) is 31.2 Å². The Morgan fingerprint density at radius 3 is 2.45 bits per heavy atom. The summed E-state index contributed by atoms with van der Waals surface area (Å²) in [7, 11) is 1.81. The normalized spacial score (nSPS) is 17.7. The zero-order valence-electron chi connectivity index (χ0n) is 12.1. The van der Waals surface area contributed by atoms with E-state index < -0.39 is 0 Å². The molecule has 1 saturated carbocycles. The second-order valence-corrected chi connectivity index (χ2v) is 6.02. The summed E-state index contributed by atoms with van der Waals surface area (Å²) in [5.41, 5.74) is 7.03. The van der Waals surface area contributed by atoms with Crippen molar-refractivity contribution in [2.75, 3.05) is 7.05 Å². The zero-order valence-corrected chi connectivity index (χ0v) is 12.1. The predicted octanol–water partition coefficient (Wildman–Crippen LogP) is 2.40. The molecule has 1 amide bonds. The first-order valence-corrected chi connectivity index (χ1v) is 7.29. The molecule has 1 aromatic carbocycles. The van der Waals surface area contributed by atoms with Crippen molar-refractivity contribution in [3.63, 3.8) is 0 Å². The second-order valence-electron chi connectivity index (χ2n) is 6.02. The molecule has 1 aromatic rings. The number of nitrogens with two attached hydrogens (primary N) is 1. The van der Waals surface area contributed by atoms with Gasteiger partial charge in [0.25, 0.3) is 0 Å². The Kier molecular flexibility index (Phi) is 4.65. The summed E-state index contributed by atoms with van der Waals surface area (Å²) in [5, 5.41) is 9.25. The first kappa shape index (κ1) is 14.9. The van der Waals surface area contributed by atoms with Gasteiger partial charge in [-0.3, -0.25) is 4.79 Å². The lowest BCUT2D eigenvalue weighted by Gasteiger charge is -2.34. The van der Waals surface area contributed by atoms with Crippen molar-refractivity contribution in [3.05, 3.63) is 29.8 Å². The highest BCUT2D eigenvalue weighted by Gasteiger charge is 2.31. The third kappa shape index (κ3) is 3.97. The molecule has 0 spiro atoms. The van der Waals surface area contributed by atoms with E-state index in [0.29, 0.717) is 13.0 Å². The molecule has 20 heavy (non-hydrogen) atoms. The maximum atomic E-state index is 12.3. The van der Waals surface area contributed by atoms with Gasteiger partial charge < -0.3 is 15.7 Å². The van der Waals surface area contributed by atoms with E-state index >= 15 is 0 Å². The number of hydrogen-bond donors (Lipinski definition) is 2. The number of amides is 1. The topological polar surface area (TPSA) is 66.6 Å². The van der Waals surface area contributed by atoms with Crippen LogP contribution in [0.5, 0.6) is 5.75 Å². The van der Waals surface area contributed by atoms with Crippen molar-refractivity contribution in [1.82, 2.24) is 4.90 Å². The lowest BCUT2D eigenvalue weighted by Crippen LogP contribution is -2.46. The van der Waals surface area contributed by atoms with E-state index in [1.807, 2.05) is 12.1 Å². The summed E-state index contributed by atoms with van der Waals surface area (Å²) >= 11 is 0. The van der Waals surface area contributed by atoms with Gasteiger partial charge in [0.1, 0.15) is 5.75 Å². The summed E-state index contributed by atoms with van der Waals surface area (Å²) in [5.74, 6) is 0.341. The minimum atomic E-state index is -0.307. The fraction of sp³-hybridized carbons (Fsp3) is 0.562. The minimum absolute atomic E-state index is 0.0995. The van der Waals surface area contributed by atoms with Crippen molar-refractivity contribution >= 4 is 5.91 Å². The van der Waals surface area contributed by atoms with Crippen LogP contribution >= 0.6 is 0 Å². The fourth-order valence-corrected chi connectivity index (χ4v) is 2.83. The Morgan fingerprint density at radius 1 is 1.25 bits per heavy atom. The Labute approximate surface area is 120 Å². The number of benzene rings is 1. The zero-order chi connectivity index (χ0) is 14.6. The van der Waals surface area contributed by atoms with E-state index in [1.54, 1.807) is 24.1 Å². The van der Waals surface area contributed by atoms with Crippen molar-refractivity contribution < 1.29 is 9.90 Å². The number of aromatic hydroxyl groups is 1. The van der Waals surface area contributed by atoms with Gasteiger partial charge in [-0.05, 0) is 30.5 Å². The number of rotatable bonds is 4. The van der Waals surface area contributed by atoms with E-state index in [2.05, 4.69) is 0 Å². The molecule has 110 valence electrons. The quantitative estimate of drug-likeness (QED) is 0.887. The third-order valence-corrected chi connectivity index (χ3v) is 4.13. The SMILES string of the molecule is CN(Cc1ccc(O)cc1)C(=O)CC1(N)CCCCC1. The predicted molar refractivity (Wildman–Crippen MR) is 79.2 cm³/mol. The molecule has 4 heteroatoms. The molecular weight excluding hydrogens is 252 g/mol. The number of nitrogens with zero attached hydrogens (tertiary/aromatic N) is 1. The molecule has 0 aliphatic heterocycles. The van der Waals surface area contributed by atoms with Crippen molar-refractivity contribution in [2.24, 2.45) is 5.73 Å². The van der Waals surface area contributed by atoms with Gasteiger partial charge >= 0.3 is 0 Å². The van der Waals surface area contributed by atoms with Crippen molar-refractivity contribution in [1.29, 1.82) is 0 Å². The molecule has 3 N–H and O–H groups in total. The minimum Gasteiger partial charge on any atom is -0.508 e. The van der Waals surface area contributed by atoms with Crippen LogP contribution in [-0.2, 0) is 11.3 Å². The highest BCUT2D eigenvalue weighted by atomic mass is 16.3. The molecule has 1 fully saturated rings. The first-order valence-electron chi connectivity index (χ1n) is 7.29. The van der Waals surface area contributed by atoms with Crippen LogP contribution in [0, 0.1) is 0 Å². The standard InChI is InChI=1S/C16H24N2O2/c1-18(12-13-5-7-14(19)8-6-13)15(20)11-16(17)9-3-2-4-10-16/h5-8,19H,2-4,9-12,17H2,1H3. The molecule has 0 heterocycles. The van der Waals surface area contributed by atoms with Crippen LogP contribution in [0.4, 0.5) is 0 Å². The molecule has 1 aliphatic rings. The monoisotopic (exact) mass is 276 g/mol. The van der Waals surface area contributed by atoms with Crippen LogP contribution in [-0.4, -0.2) is 28.5 Å². The summed E-state index contributed by atoms with van der Waals surface area (Å²) in [6.45, 7) is 0.551. The summed E-state index contributed by atoms with van der Waals surface area (Å²) in [6, 6.07) is 6.94. The Balaban J connectivity index is 1.89. The van der Waals surface area contributed by atoms with Crippen LogP contribution in [0.1, 0.15) is 44.1 Å². The van der Waals surface area contributed by atoms with Gasteiger partial charge in [-0.1, -0.05) is 31.4 Å². The van der Waals surface area contributed by atoms with Gasteiger partial charge in [-0.15, -0.1) is 0 Å². The van der Waals surface area contributed by atoms with Gasteiger partial charge in [0.15, 0.2) is 0 Å². The lowest BCUT2D eigenvalue weighted by molar-refractivity contribution is -0.132. The number of phenols is 1. The number of hydrogen-bond acceptors (Lipinski definition) is 3. The van der Waals surface area contributed by atoms with Crippen molar-refractivity contribution in [2.45, 2.75) is 50.6 Å². The molecular formula is C16H24N2O2. The molecule has 0 saturated heterocycles. The highest BCUT2D eigenvalue weighted by Crippen LogP contribution is 2.29. The van der Waals surface area contributed by atoms with Gasteiger partial charge in [-0.25, -0.2) is 0 Å². The van der Waals surface area contributed by atoms with Crippen LogP contribution in [0.15, 0.2) is 24.3 Å². The first-order chi connectivity index (χ1) is 9.48. The summed E-state index contributed by atoms with van der Waals surface area (Å²) in [6.07, 6.45) is 5.83. The van der Waals surface area contributed by atoms with Crippen LogP contribution in [0.25, 0.3) is 0 Å². The molecule has 4 nitrogen and oxygen atoms in total. The fourth-order valence-electron chi connectivity index (χ4n) is 2.83. The molecule has 0 aromatic heterocycles. The largest absolute Gasteiger partial charge is 0.508 e. The molecule has 0 bridgehead atoms. The lowest BCUT2D eigenvalue weighted by atomic mass is 9.80. The Bertz CT molecular complexity index is 450. The smallest absolute Gasteiger partial charge is 0.224 e. The molecule has 0 atom stereocenters. The Morgan fingerprint density at radius 2 is 1.85 bits per heavy atom. The number of carbonyl (C=O) groups excluding carboxylic acids is 1. The average Bonchev–Trinajstić information content (AvgIpc) is 2.41. The van der Waals surface area contributed by atoms with E-state index in [4.69, 9.17) is 5.73 Å².